The Morgan fingerprint density at radius 2 is 1.90 bits per heavy atom. The SMILES string of the molecule is CCCNCc1cc(C)nc(OC2CC(C)CC(C)C2)c1. The fourth-order valence-electron chi connectivity index (χ4n) is 3.42. The molecule has 1 aromatic heterocycles. The molecule has 118 valence electrons. The highest BCUT2D eigenvalue weighted by molar-refractivity contribution is 5.24. The Hall–Kier alpha value is -1.09. The van der Waals surface area contributed by atoms with Gasteiger partial charge in [-0.05, 0) is 62.6 Å². The molecule has 0 aliphatic heterocycles. The second-order valence-corrected chi connectivity index (χ2v) is 6.79. The van der Waals surface area contributed by atoms with Crippen LogP contribution >= 0.6 is 0 Å². The van der Waals surface area contributed by atoms with Gasteiger partial charge in [0.25, 0.3) is 0 Å². The van der Waals surface area contributed by atoms with Crippen molar-refractivity contribution in [1.29, 1.82) is 0 Å². The predicted molar refractivity (Wildman–Crippen MR) is 87.6 cm³/mol. The van der Waals surface area contributed by atoms with E-state index in [1.54, 1.807) is 0 Å². The predicted octanol–water partition coefficient (Wildman–Crippen LogP) is 4.09. The van der Waals surface area contributed by atoms with Gasteiger partial charge in [-0.25, -0.2) is 4.98 Å². The zero-order chi connectivity index (χ0) is 15.2. The summed E-state index contributed by atoms with van der Waals surface area (Å²) in [7, 11) is 0. The maximum atomic E-state index is 6.19. The van der Waals surface area contributed by atoms with Gasteiger partial charge in [0.1, 0.15) is 6.10 Å². The van der Waals surface area contributed by atoms with Gasteiger partial charge in [-0.3, -0.25) is 0 Å². The van der Waals surface area contributed by atoms with Crippen LogP contribution in [0.1, 0.15) is 57.7 Å². The van der Waals surface area contributed by atoms with Gasteiger partial charge in [0.2, 0.25) is 5.88 Å². The van der Waals surface area contributed by atoms with Crippen LogP contribution in [0.3, 0.4) is 0 Å². The molecule has 2 atom stereocenters. The molecule has 3 heteroatoms. The van der Waals surface area contributed by atoms with Crippen LogP contribution in [0, 0.1) is 18.8 Å². The van der Waals surface area contributed by atoms with Crippen molar-refractivity contribution in [3.63, 3.8) is 0 Å². The van der Waals surface area contributed by atoms with E-state index in [-0.39, 0.29) is 0 Å². The molecule has 1 aliphatic rings. The van der Waals surface area contributed by atoms with Crippen LogP contribution in [-0.4, -0.2) is 17.6 Å². The second kappa shape index (κ2) is 7.79. The van der Waals surface area contributed by atoms with Gasteiger partial charge in [-0.1, -0.05) is 20.8 Å². The molecule has 0 spiro atoms. The van der Waals surface area contributed by atoms with Gasteiger partial charge in [0, 0.05) is 18.3 Å². The number of nitrogens with one attached hydrogen (secondary N) is 1. The molecule has 2 unspecified atom stereocenters. The molecule has 1 aliphatic carbocycles. The molecule has 1 aromatic rings. The lowest BCUT2D eigenvalue weighted by molar-refractivity contribution is 0.0965. The van der Waals surface area contributed by atoms with Crippen molar-refractivity contribution in [2.45, 2.75) is 66.0 Å². The number of rotatable bonds is 6. The first kappa shape index (κ1) is 16.3. The summed E-state index contributed by atoms with van der Waals surface area (Å²) in [4.78, 5) is 4.56. The average molecular weight is 290 g/mol. The Bertz CT molecular complexity index is 437. The summed E-state index contributed by atoms with van der Waals surface area (Å²) in [5.74, 6) is 2.32. The topological polar surface area (TPSA) is 34.2 Å². The number of hydrogen-bond donors (Lipinski definition) is 1. The van der Waals surface area contributed by atoms with Crippen molar-refractivity contribution in [2.75, 3.05) is 6.54 Å². The molecule has 0 radical (unpaired) electrons. The molecule has 0 amide bonds. The molecular weight excluding hydrogens is 260 g/mol. The lowest BCUT2D eigenvalue weighted by atomic mass is 9.82. The van der Waals surface area contributed by atoms with Crippen molar-refractivity contribution in [1.82, 2.24) is 10.3 Å². The molecule has 0 bridgehead atoms. The van der Waals surface area contributed by atoms with Gasteiger partial charge in [-0.15, -0.1) is 0 Å². The molecule has 0 aromatic carbocycles. The summed E-state index contributed by atoms with van der Waals surface area (Å²) < 4.78 is 6.19. The number of aromatic nitrogens is 1. The molecule has 1 fully saturated rings. The van der Waals surface area contributed by atoms with E-state index in [9.17, 15) is 0 Å². The highest BCUT2D eigenvalue weighted by Crippen LogP contribution is 2.31. The highest BCUT2D eigenvalue weighted by atomic mass is 16.5. The number of ether oxygens (including phenoxy) is 1. The summed E-state index contributed by atoms with van der Waals surface area (Å²) in [6, 6.07) is 4.24. The molecule has 0 saturated heterocycles. The standard InChI is InChI=1S/C18H30N2O/c1-5-6-19-12-16-10-15(4)20-18(11-16)21-17-8-13(2)7-14(3)9-17/h10-11,13-14,17,19H,5-9,12H2,1-4H3. The lowest BCUT2D eigenvalue weighted by Gasteiger charge is -2.31. The summed E-state index contributed by atoms with van der Waals surface area (Å²) in [5, 5.41) is 3.44. The maximum absolute atomic E-state index is 6.19. The van der Waals surface area contributed by atoms with Gasteiger partial charge in [-0.2, -0.15) is 0 Å². The smallest absolute Gasteiger partial charge is 0.214 e. The van der Waals surface area contributed by atoms with E-state index in [1.165, 1.54) is 12.0 Å². The Labute approximate surface area is 129 Å². The van der Waals surface area contributed by atoms with E-state index in [2.05, 4.69) is 43.2 Å². The van der Waals surface area contributed by atoms with Crippen LogP contribution in [0.2, 0.25) is 0 Å². The summed E-state index contributed by atoms with van der Waals surface area (Å²) >= 11 is 0. The quantitative estimate of drug-likeness (QED) is 0.801. The van der Waals surface area contributed by atoms with Crippen LogP contribution in [-0.2, 0) is 6.54 Å². The van der Waals surface area contributed by atoms with Crippen LogP contribution < -0.4 is 10.1 Å². The zero-order valence-electron chi connectivity index (χ0n) is 14.0. The first-order valence-corrected chi connectivity index (χ1v) is 8.41. The first-order chi connectivity index (χ1) is 10.1. The number of pyridine rings is 1. The van der Waals surface area contributed by atoms with E-state index < -0.39 is 0 Å². The average Bonchev–Trinajstić information content (AvgIpc) is 2.37. The van der Waals surface area contributed by atoms with Crippen LogP contribution in [0.4, 0.5) is 0 Å². The van der Waals surface area contributed by atoms with E-state index in [0.717, 1.165) is 55.8 Å². The Kier molecular flexibility index (Phi) is 6.04. The van der Waals surface area contributed by atoms with Crippen LogP contribution in [0.25, 0.3) is 0 Å². The minimum Gasteiger partial charge on any atom is -0.474 e. The van der Waals surface area contributed by atoms with Crippen molar-refractivity contribution in [3.8, 4) is 5.88 Å². The molecule has 21 heavy (non-hydrogen) atoms. The zero-order valence-corrected chi connectivity index (χ0v) is 14.0. The van der Waals surface area contributed by atoms with Gasteiger partial charge in [0.05, 0.1) is 0 Å². The normalized spacial score (nSPS) is 25.8. The third kappa shape index (κ3) is 5.31. The van der Waals surface area contributed by atoms with Gasteiger partial charge >= 0.3 is 0 Å². The summed E-state index contributed by atoms with van der Waals surface area (Å²) in [6.45, 7) is 10.8. The summed E-state index contributed by atoms with van der Waals surface area (Å²) in [6.07, 6.45) is 5.13. The van der Waals surface area contributed by atoms with Crippen molar-refractivity contribution in [3.05, 3.63) is 23.4 Å². The number of aryl methyl sites for hydroxylation is 1. The Balaban J connectivity index is 1.98. The van der Waals surface area contributed by atoms with Gasteiger partial charge < -0.3 is 10.1 Å². The second-order valence-electron chi connectivity index (χ2n) is 6.79. The lowest BCUT2D eigenvalue weighted by Crippen LogP contribution is -2.28. The number of hydrogen-bond acceptors (Lipinski definition) is 3. The van der Waals surface area contributed by atoms with E-state index in [4.69, 9.17) is 4.74 Å². The van der Waals surface area contributed by atoms with E-state index in [0.29, 0.717) is 6.10 Å². The fraction of sp³-hybridized carbons (Fsp3) is 0.722. The first-order valence-electron chi connectivity index (χ1n) is 8.41. The number of nitrogens with zero attached hydrogens (tertiary/aromatic N) is 1. The monoisotopic (exact) mass is 290 g/mol. The van der Waals surface area contributed by atoms with Gasteiger partial charge in [0.15, 0.2) is 0 Å². The summed E-state index contributed by atoms with van der Waals surface area (Å²) in [5.41, 5.74) is 2.31. The molecule has 1 N–H and O–H groups in total. The molecular formula is C18H30N2O. The van der Waals surface area contributed by atoms with Crippen LogP contribution in [0.5, 0.6) is 5.88 Å². The fourth-order valence-corrected chi connectivity index (χ4v) is 3.42. The van der Waals surface area contributed by atoms with Crippen molar-refractivity contribution in [2.24, 2.45) is 11.8 Å². The van der Waals surface area contributed by atoms with Crippen LogP contribution in [0.15, 0.2) is 12.1 Å². The minimum absolute atomic E-state index is 0.328. The Morgan fingerprint density at radius 3 is 2.57 bits per heavy atom. The highest BCUT2D eigenvalue weighted by Gasteiger charge is 2.25. The third-order valence-corrected chi connectivity index (χ3v) is 4.17. The molecule has 1 saturated carbocycles. The minimum atomic E-state index is 0.328. The Morgan fingerprint density at radius 1 is 1.19 bits per heavy atom. The van der Waals surface area contributed by atoms with E-state index >= 15 is 0 Å². The molecule has 2 rings (SSSR count). The third-order valence-electron chi connectivity index (χ3n) is 4.17. The van der Waals surface area contributed by atoms with Crippen molar-refractivity contribution >= 4 is 0 Å². The largest absolute Gasteiger partial charge is 0.474 e. The molecule has 3 nitrogen and oxygen atoms in total. The van der Waals surface area contributed by atoms with E-state index in [1.807, 2.05) is 6.92 Å². The maximum Gasteiger partial charge on any atom is 0.214 e. The van der Waals surface area contributed by atoms with Crippen molar-refractivity contribution < 1.29 is 4.74 Å². The molecule has 1 heterocycles.